The van der Waals surface area contributed by atoms with Gasteiger partial charge in [0.05, 0.1) is 12.7 Å². The molecule has 0 atom stereocenters. The monoisotopic (exact) mass is 211 g/mol. The van der Waals surface area contributed by atoms with Crippen molar-refractivity contribution in [3.63, 3.8) is 0 Å². The smallest absolute Gasteiger partial charge is 0.411 e. The number of esters is 1. The van der Waals surface area contributed by atoms with Gasteiger partial charge < -0.3 is 9.47 Å². The molecule has 7 heteroatoms. The molecule has 0 radical (unpaired) electrons. The van der Waals surface area contributed by atoms with E-state index < -0.39 is 25.2 Å². The Balaban J connectivity index is 3.31. The summed E-state index contributed by atoms with van der Waals surface area (Å²) >= 11 is 0. The van der Waals surface area contributed by atoms with Crippen molar-refractivity contribution in [3.05, 3.63) is 0 Å². The molecular formula is C7H8F3NO3. The largest absolute Gasteiger partial charge is 0.462 e. The van der Waals surface area contributed by atoms with E-state index in [0.29, 0.717) is 0 Å². The van der Waals surface area contributed by atoms with E-state index in [4.69, 9.17) is 5.26 Å². The molecule has 0 bridgehead atoms. The summed E-state index contributed by atoms with van der Waals surface area (Å²) in [7, 11) is 0. The lowest BCUT2D eigenvalue weighted by atomic mass is 10.5. The van der Waals surface area contributed by atoms with E-state index in [0.717, 1.165) is 0 Å². The highest BCUT2D eigenvalue weighted by atomic mass is 19.4. The van der Waals surface area contributed by atoms with Gasteiger partial charge in [0.2, 0.25) is 0 Å². The lowest BCUT2D eigenvalue weighted by molar-refractivity contribution is -0.177. The summed E-state index contributed by atoms with van der Waals surface area (Å²) < 4.78 is 42.9. The number of ether oxygens (including phenoxy) is 2. The number of nitriles is 1. The van der Waals surface area contributed by atoms with E-state index in [1.807, 2.05) is 0 Å². The van der Waals surface area contributed by atoms with Crippen LogP contribution in [0.15, 0.2) is 0 Å². The second kappa shape index (κ2) is 6.21. The van der Waals surface area contributed by atoms with Crippen molar-refractivity contribution in [1.29, 1.82) is 5.26 Å². The summed E-state index contributed by atoms with van der Waals surface area (Å²) in [5, 5.41) is 8.02. The third-order valence-corrected chi connectivity index (χ3v) is 0.980. The van der Waals surface area contributed by atoms with Gasteiger partial charge in [-0.3, -0.25) is 4.79 Å². The predicted molar refractivity (Wildman–Crippen MR) is 38.1 cm³/mol. The van der Waals surface area contributed by atoms with Crippen LogP contribution >= 0.6 is 0 Å². The molecule has 0 aromatic heterocycles. The fraction of sp³-hybridized carbons (Fsp3) is 0.714. The summed E-state index contributed by atoms with van der Waals surface area (Å²) in [4.78, 5) is 10.5. The third kappa shape index (κ3) is 8.80. The molecule has 0 heterocycles. The topological polar surface area (TPSA) is 59.3 Å². The maximum Gasteiger partial charge on any atom is 0.411 e. The van der Waals surface area contributed by atoms with Crippen LogP contribution in [0.25, 0.3) is 0 Å². The minimum absolute atomic E-state index is 0.281. The zero-order valence-corrected chi connectivity index (χ0v) is 7.13. The summed E-state index contributed by atoms with van der Waals surface area (Å²) in [6, 6.07) is 1.54. The van der Waals surface area contributed by atoms with Crippen LogP contribution in [0.5, 0.6) is 0 Å². The quantitative estimate of drug-likeness (QED) is 0.503. The van der Waals surface area contributed by atoms with Crippen LogP contribution in [0.2, 0.25) is 0 Å². The molecular weight excluding hydrogens is 203 g/mol. The standard InChI is InChI=1S/C7H8F3NO3/c8-7(9,10)5-13-3-4-14-6(12)1-2-11/h1,3-5H2. The van der Waals surface area contributed by atoms with E-state index in [2.05, 4.69) is 9.47 Å². The average Bonchev–Trinajstić information content (AvgIpc) is 2.02. The van der Waals surface area contributed by atoms with E-state index >= 15 is 0 Å². The van der Waals surface area contributed by atoms with Gasteiger partial charge in [-0.15, -0.1) is 0 Å². The average molecular weight is 211 g/mol. The fourth-order valence-electron chi connectivity index (χ4n) is 0.518. The lowest BCUT2D eigenvalue weighted by Crippen LogP contribution is -2.19. The van der Waals surface area contributed by atoms with Gasteiger partial charge in [0.15, 0.2) is 0 Å². The molecule has 0 aliphatic rings. The Morgan fingerprint density at radius 2 is 2.00 bits per heavy atom. The minimum Gasteiger partial charge on any atom is -0.462 e. The predicted octanol–water partition coefficient (Wildman–Crippen LogP) is 1.02. The first-order valence-electron chi connectivity index (χ1n) is 3.63. The Morgan fingerprint density at radius 1 is 1.36 bits per heavy atom. The van der Waals surface area contributed by atoms with Crippen molar-refractivity contribution in [2.75, 3.05) is 19.8 Å². The van der Waals surface area contributed by atoms with Crippen molar-refractivity contribution >= 4 is 5.97 Å². The molecule has 0 fully saturated rings. The minimum atomic E-state index is -4.38. The van der Waals surface area contributed by atoms with Gasteiger partial charge in [0, 0.05) is 0 Å². The molecule has 0 spiro atoms. The molecule has 4 nitrogen and oxygen atoms in total. The van der Waals surface area contributed by atoms with Gasteiger partial charge in [0.1, 0.15) is 19.6 Å². The Bertz CT molecular complexity index is 221. The van der Waals surface area contributed by atoms with E-state index in [1.165, 1.54) is 6.07 Å². The third-order valence-electron chi connectivity index (χ3n) is 0.980. The lowest BCUT2D eigenvalue weighted by Gasteiger charge is -2.07. The van der Waals surface area contributed by atoms with Crippen LogP contribution in [0.3, 0.4) is 0 Å². The summed E-state index contributed by atoms with van der Waals surface area (Å²) in [6.07, 6.45) is -4.80. The number of rotatable bonds is 5. The van der Waals surface area contributed by atoms with Gasteiger partial charge in [-0.1, -0.05) is 0 Å². The molecule has 0 saturated carbocycles. The van der Waals surface area contributed by atoms with Crippen LogP contribution in [0, 0.1) is 11.3 Å². The second-order valence-corrected chi connectivity index (χ2v) is 2.22. The van der Waals surface area contributed by atoms with Gasteiger partial charge in [-0.05, 0) is 0 Å². The number of nitrogens with zero attached hydrogens (tertiary/aromatic N) is 1. The fourth-order valence-corrected chi connectivity index (χ4v) is 0.518. The number of hydrogen-bond acceptors (Lipinski definition) is 4. The molecule has 0 aromatic rings. The Morgan fingerprint density at radius 3 is 2.50 bits per heavy atom. The Kier molecular flexibility index (Phi) is 5.64. The van der Waals surface area contributed by atoms with Crippen LogP contribution in [0.4, 0.5) is 13.2 Å². The molecule has 14 heavy (non-hydrogen) atoms. The Hall–Kier alpha value is -1.29. The number of halogens is 3. The highest BCUT2D eigenvalue weighted by molar-refractivity contribution is 5.71. The maximum atomic E-state index is 11.5. The van der Waals surface area contributed by atoms with Crippen LogP contribution < -0.4 is 0 Å². The normalized spacial score (nSPS) is 10.7. The number of alkyl halides is 3. The van der Waals surface area contributed by atoms with Crippen LogP contribution in [0.1, 0.15) is 6.42 Å². The number of hydrogen-bond donors (Lipinski definition) is 0. The molecule has 0 aliphatic heterocycles. The highest BCUT2D eigenvalue weighted by Gasteiger charge is 2.27. The molecule has 0 N–H and O–H groups in total. The van der Waals surface area contributed by atoms with Gasteiger partial charge in [-0.2, -0.15) is 18.4 Å². The van der Waals surface area contributed by atoms with Crippen molar-refractivity contribution in [2.45, 2.75) is 12.6 Å². The molecule has 0 rings (SSSR count). The second-order valence-electron chi connectivity index (χ2n) is 2.22. The van der Waals surface area contributed by atoms with Crippen molar-refractivity contribution in [3.8, 4) is 6.07 Å². The first-order chi connectivity index (χ1) is 6.45. The SMILES string of the molecule is N#CCC(=O)OCCOCC(F)(F)F. The van der Waals surface area contributed by atoms with E-state index in [1.54, 1.807) is 0 Å². The summed E-state index contributed by atoms with van der Waals surface area (Å²) in [5.41, 5.74) is 0. The number of carbonyl (C=O) groups is 1. The van der Waals surface area contributed by atoms with Crippen molar-refractivity contribution < 1.29 is 27.4 Å². The van der Waals surface area contributed by atoms with Gasteiger partial charge in [-0.25, -0.2) is 0 Å². The highest BCUT2D eigenvalue weighted by Crippen LogP contribution is 2.13. The van der Waals surface area contributed by atoms with Crippen molar-refractivity contribution in [1.82, 2.24) is 0 Å². The molecule has 0 aliphatic carbocycles. The molecule has 0 amide bonds. The molecule has 0 aromatic carbocycles. The maximum absolute atomic E-state index is 11.5. The first-order valence-corrected chi connectivity index (χ1v) is 3.63. The zero-order valence-electron chi connectivity index (χ0n) is 7.13. The van der Waals surface area contributed by atoms with E-state index in [-0.39, 0.29) is 13.2 Å². The summed E-state index contributed by atoms with van der Waals surface area (Å²) in [5.74, 6) is -0.775. The van der Waals surface area contributed by atoms with Crippen molar-refractivity contribution in [2.24, 2.45) is 0 Å². The van der Waals surface area contributed by atoms with E-state index in [9.17, 15) is 18.0 Å². The molecule has 0 saturated heterocycles. The van der Waals surface area contributed by atoms with Crippen LogP contribution in [-0.4, -0.2) is 32.0 Å². The van der Waals surface area contributed by atoms with Gasteiger partial charge in [0.25, 0.3) is 0 Å². The van der Waals surface area contributed by atoms with Gasteiger partial charge >= 0.3 is 12.1 Å². The first kappa shape index (κ1) is 12.7. The molecule has 0 unspecified atom stereocenters. The number of carbonyl (C=O) groups excluding carboxylic acids is 1. The summed E-state index contributed by atoms with van der Waals surface area (Å²) in [6.45, 7) is -1.99. The van der Waals surface area contributed by atoms with Crippen LogP contribution in [-0.2, 0) is 14.3 Å². The zero-order chi connectivity index (χ0) is 11.0. The molecule has 80 valence electrons. The Labute approximate surface area is 78.2 Å².